The van der Waals surface area contributed by atoms with Gasteiger partial charge in [0.05, 0.1) is 13.0 Å². The van der Waals surface area contributed by atoms with Crippen LogP contribution < -0.4 is 15.4 Å². The maximum Gasteiger partial charge on any atom is 0.315 e. The highest BCUT2D eigenvalue weighted by atomic mass is 16.5. The summed E-state index contributed by atoms with van der Waals surface area (Å²) in [4.78, 5) is 22.8. The van der Waals surface area contributed by atoms with Crippen molar-refractivity contribution in [3.8, 4) is 5.75 Å². The molecule has 0 unspecified atom stereocenters. The first kappa shape index (κ1) is 18.1. The number of carbonyl (C=O) groups excluding carboxylic acids is 1. The summed E-state index contributed by atoms with van der Waals surface area (Å²) >= 11 is 0. The molecular formula is C18H26N2O4. The number of urea groups is 1. The average Bonchev–Trinajstić information content (AvgIpc) is 2.56. The maximum atomic E-state index is 11.9. The number of carboxylic acids is 1. The first-order valence-corrected chi connectivity index (χ1v) is 8.40. The van der Waals surface area contributed by atoms with Gasteiger partial charge in [-0.15, -0.1) is 0 Å². The van der Waals surface area contributed by atoms with Crippen LogP contribution in [0.25, 0.3) is 0 Å². The van der Waals surface area contributed by atoms with E-state index in [0.29, 0.717) is 19.4 Å². The number of benzene rings is 1. The van der Waals surface area contributed by atoms with Gasteiger partial charge in [0.25, 0.3) is 0 Å². The summed E-state index contributed by atoms with van der Waals surface area (Å²) in [6, 6.07) is 5.91. The van der Waals surface area contributed by atoms with Gasteiger partial charge in [0, 0.05) is 12.6 Å². The third-order valence-corrected chi connectivity index (χ3v) is 4.58. The molecule has 2 amide bonds. The Kier molecular flexibility index (Phi) is 6.46. The van der Waals surface area contributed by atoms with Crippen LogP contribution in [0.15, 0.2) is 18.2 Å². The van der Waals surface area contributed by atoms with Crippen LogP contribution in [0.5, 0.6) is 5.75 Å². The number of nitrogens with one attached hydrogen (secondary N) is 2. The van der Waals surface area contributed by atoms with Crippen LogP contribution in [0.1, 0.15) is 36.8 Å². The second-order valence-electron chi connectivity index (χ2n) is 6.34. The van der Waals surface area contributed by atoms with Gasteiger partial charge in [-0.2, -0.15) is 0 Å². The average molecular weight is 334 g/mol. The van der Waals surface area contributed by atoms with E-state index in [2.05, 4.69) is 10.6 Å². The van der Waals surface area contributed by atoms with E-state index in [1.165, 1.54) is 0 Å². The van der Waals surface area contributed by atoms with Gasteiger partial charge < -0.3 is 20.5 Å². The Morgan fingerprint density at radius 3 is 2.58 bits per heavy atom. The van der Waals surface area contributed by atoms with E-state index < -0.39 is 5.97 Å². The number of carbonyl (C=O) groups is 2. The third-order valence-electron chi connectivity index (χ3n) is 4.58. The van der Waals surface area contributed by atoms with Crippen molar-refractivity contribution in [3.63, 3.8) is 0 Å². The van der Waals surface area contributed by atoms with E-state index in [0.717, 1.165) is 36.1 Å². The molecule has 1 fully saturated rings. The Bertz CT molecular complexity index is 580. The van der Waals surface area contributed by atoms with Gasteiger partial charge >= 0.3 is 12.0 Å². The zero-order valence-electron chi connectivity index (χ0n) is 14.3. The van der Waals surface area contributed by atoms with Crippen molar-refractivity contribution >= 4 is 12.0 Å². The molecule has 0 atom stereocenters. The van der Waals surface area contributed by atoms with Gasteiger partial charge in [-0.1, -0.05) is 12.1 Å². The molecule has 1 aliphatic carbocycles. The molecule has 1 aromatic carbocycles. The van der Waals surface area contributed by atoms with E-state index in [-0.39, 0.29) is 18.0 Å². The van der Waals surface area contributed by atoms with Crippen LogP contribution in [0.3, 0.4) is 0 Å². The number of hydrogen-bond donors (Lipinski definition) is 3. The first-order chi connectivity index (χ1) is 11.5. The van der Waals surface area contributed by atoms with E-state index in [1.807, 2.05) is 25.1 Å². The summed E-state index contributed by atoms with van der Waals surface area (Å²) in [5.41, 5.74) is 2.20. The molecule has 6 heteroatoms. The number of hydrogen-bond acceptors (Lipinski definition) is 3. The summed E-state index contributed by atoms with van der Waals surface area (Å²) < 4.78 is 5.30. The van der Waals surface area contributed by atoms with Crippen molar-refractivity contribution < 1.29 is 19.4 Å². The molecule has 0 spiro atoms. The molecule has 132 valence electrons. The molecule has 2 rings (SSSR count). The molecule has 24 heavy (non-hydrogen) atoms. The van der Waals surface area contributed by atoms with E-state index >= 15 is 0 Å². The fourth-order valence-electron chi connectivity index (χ4n) is 3.06. The molecule has 1 saturated carbocycles. The predicted molar refractivity (Wildman–Crippen MR) is 91.4 cm³/mol. The largest absolute Gasteiger partial charge is 0.496 e. The topological polar surface area (TPSA) is 87.7 Å². The van der Waals surface area contributed by atoms with Crippen molar-refractivity contribution in [2.24, 2.45) is 5.92 Å². The third kappa shape index (κ3) is 5.15. The lowest BCUT2D eigenvalue weighted by atomic mass is 9.86. The summed E-state index contributed by atoms with van der Waals surface area (Å²) in [5.74, 6) is -0.138. The monoisotopic (exact) mass is 334 g/mol. The quantitative estimate of drug-likeness (QED) is 0.746. The summed E-state index contributed by atoms with van der Waals surface area (Å²) in [5, 5.41) is 14.8. The van der Waals surface area contributed by atoms with E-state index in [9.17, 15) is 9.59 Å². The molecule has 0 bridgehead atoms. The van der Waals surface area contributed by atoms with Gasteiger partial charge in [-0.25, -0.2) is 4.79 Å². The zero-order chi connectivity index (χ0) is 17.5. The van der Waals surface area contributed by atoms with Crippen LogP contribution >= 0.6 is 0 Å². The second kappa shape index (κ2) is 8.57. The minimum Gasteiger partial charge on any atom is -0.496 e. The number of carboxylic acid groups (broad SMARTS) is 1. The highest BCUT2D eigenvalue weighted by Gasteiger charge is 2.26. The van der Waals surface area contributed by atoms with Crippen LogP contribution in [-0.4, -0.2) is 36.8 Å². The van der Waals surface area contributed by atoms with Crippen molar-refractivity contribution in [2.45, 2.75) is 45.1 Å². The SMILES string of the molecule is COc1cc(CCNC(=O)NC2CCC(C(=O)O)CC2)ccc1C. The fraction of sp³-hybridized carbons (Fsp3) is 0.556. The summed E-state index contributed by atoms with van der Waals surface area (Å²) in [6.07, 6.45) is 3.43. The number of methoxy groups -OCH3 is 1. The van der Waals surface area contributed by atoms with Crippen molar-refractivity contribution in [2.75, 3.05) is 13.7 Å². The Labute approximate surface area is 142 Å². The minimum absolute atomic E-state index is 0.0695. The maximum absolute atomic E-state index is 11.9. The van der Waals surface area contributed by atoms with E-state index in [4.69, 9.17) is 9.84 Å². The number of aliphatic carboxylic acids is 1. The lowest BCUT2D eigenvalue weighted by Crippen LogP contribution is -2.44. The molecule has 0 aliphatic heterocycles. The van der Waals surface area contributed by atoms with Crippen LogP contribution in [0.2, 0.25) is 0 Å². The van der Waals surface area contributed by atoms with Gasteiger partial charge in [0.2, 0.25) is 0 Å². The molecule has 1 aromatic rings. The predicted octanol–water partition coefficient (Wildman–Crippen LogP) is 2.49. The molecule has 0 heterocycles. The number of rotatable bonds is 6. The van der Waals surface area contributed by atoms with E-state index in [1.54, 1.807) is 7.11 Å². The lowest BCUT2D eigenvalue weighted by molar-refractivity contribution is -0.142. The number of aryl methyl sites for hydroxylation is 1. The van der Waals surface area contributed by atoms with Gasteiger partial charge in [-0.05, 0) is 56.2 Å². The van der Waals surface area contributed by atoms with Crippen LogP contribution in [0.4, 0.5) is 4.79 Å². The van der Waals surface area contributed by atoms with Crippen LogP contribution in [0, 0.1) is 12.8 Å². The molecule has 1 aliphatic rings. The fourth-order valence-corrected chi connectivity index (χ4v) is 3.06. The summed E-state index contributed by atoms with van der Waals surface area (Å²) in [7, 11) is 1.65. The highest BCUT2D eigenvalue weighted by molar-refractivity contribution is 5.74. The van der Waals surface area contributed by atoms with Gasteiger partial charge in [0.15, 0.2) is 0 Å². The zero-order valence-corrected chi connectivity index (χ0v) is 14.3. The lowest BCUT2D eigenvalue weighted by Gasteiger charge is -2.26. The Morgan fingerprint density at radius 2 is 1.96 bits per heavy atom. The van der Waals surface area contributed by atoms with Crippen molar-refractivity contribution in [1.82, 2.24) is 10.6 Å². The van der Waals surface area contributed by atoms with Gasteiger partial charge in [-0.3, -0.25) is 4.79 Å². The molecule has 0 radical (unpaired) electrons. The minimum atomic E-state index is -0.730. The number of amides is 2. The Hall–Kier alpha value is -2.24. The number of ether oxygens (including phenoxy) is 1. The van der Waals surface area contributed by atoms with Crippen molar-refractivity contribution in [1.29, 1.82) is 0 Å². The molecule has 6 nitrogen and oxygen atoms in total. The standard InChI is InChI=1S/C18H26N2O4/c1-12-3-4-13(11-16(12)24-2)9-10-19-18(23)20-15-7-5-14(6-8-15)17(21)22/h3-4,11,14-15H,5-10H2,1-2H3,(H,21,22)(H2,19,20,23). The van der Waals surface area contributed by atoms with Gasteiger partial charge in [0.1, 0.15) is 5.75 Å². The molecule has 0 saturated heterocycles. The second-order valence-corrected chi connectivity index (χ2v) is 6.34. The Morgan fingerprint density at radius 1 is 1.25 bits per heavy atom. The molecule has 3 N–H and O–H groups in total. The van der Waals surface area contributed by atoms with Crippen LogP contribution in [-0.2, 0) is 11.2 Å². The Balaban J connectivity index is 1.69. The van der Waals surface area contributed by atoms with Crippen molar-refractivity contribution in [3.05, 3.63) is 29.3 Å². The molecular weight excluding hydrogens is 308 g/mol. The smallest absolute Gasteiger partial charge is 0.315 e. The first-order valence-electron chi connectivity index (χ1n) is 8.40. The molecule has 0 aromatic heterocycles. The highest BCUT2D eigenvalue weighted by Crippen LogP contribution is 2.24. The summed E-state index contributed by atoms with van der Waals surface area (Å²) in [6.45, 7) is 2.54. The normalized spacial score (nSPS) is 20.2.